The Labute approximate surface area is 90.8 Å². The maximum absolute atomic E-state index is 9.58. The lowest BCUT2D eigenvalue weighted by atomic mass is 10.2. The summed E-state index contributed by atoms with van der Waals surface area (Å²) in [5, 5.41) is 9.58. The first kappa shape index (κ1) is 11.1. The Kier molecular flexibility index (Phi) is 3.60. The molecule has 0 saturated heterocycles. The monoisotopic (exact) mass is 261 g/mol. The molecule has 0 radical (unpaired) electrons. The van der Waals surface area contributed by atoms with E-state index in [0.29, 0.717) is 21.5 Å². The molecule has 0 heterocycles. The fourth-order valence-corrected chi connectivity index (χ4v) is 1.89. The second-order valence-corrected chi connectivity index (χ2v) is 3.42. The van der Waals surface area contributed by atoms with Crippen molar-refractivity contribution in [2.75, 3.05) is 14.2 Å². The van der Waals surface area contributed by atoms with Crippen LogP contribution in [-0.2, 0) is 6.54 Å². The minimum absolute atomic E-state index is 0.0945. The van der Waals surface area contributed by atoms with Crippen molar-refractivity contribution in [1.29, 1.82) is 0 Å². The van der Waals surface area contributed by atoms with Crippen molar-refractivity contribution in [3.8, 4) is 17.2 Å². The van der Waals surface area contributed by atoms with Crippen molar-refractivity contribution in [2.24, 2.45) is 5.73 Å². The van der Waals surface area contributed by atoms with E-state index in [0.717, 1.165) is 0 Å². The van der Waals surface area contributed by atoms with Gasteiger partial charge in [0.15, 0.2) is 11.5 Å². The van der Waals surface area contributed by atoms with E-state index in [9.17, 15) is 5.11 Å². The van der Waals surface area contributed by atoms with Crippen molar-refractivity contribution in [1.82, 2.24) is 0 Å². The molecule has 0 unspecified atom stereocenters. The molecule has 1 rings (SSSR count). The summed E-state index contributed by atoms with van der Waals surface area (Å²) in [5.41, 5.74) is 6.08. The Morgan fingerprint density at radius 2 is 2.07 bits per heavy atom. The Hall–Kier alpha value is -0.940. The highest BCUT2D eigenvalue weighted by atomic mass is 79.9. The van der Waals surface area contributed by atoms with Crippen LogP contribution >= 0.6 is 15.9 Å². The summed E-state index contributed by atoms with van der Waals surface area (Å²) in [5.74, 6) is 1.09. The van der Waals surface area contributed by atoms with E-state index in [1.54, 1.807) is 0 Å². The molecule has 78 valence electrons. The third-order valence-corrected chi connectivity index (χ3v) is 2.73. The number of phenolic OH excluding ortho intramolecular Hbond substituents is 1. The molecule has 0 atom stereocenters. The van der Waals surface area contributed by atoms with Crippen LogP contribution in [0.5, 0.6) is 17.2 Å². The van der Waals surface area contributed by atoms with Gasteiger partial charge in [0.05, 0.1) is 18.7 Å². The Morgan fingerprint density at radius 3 is 2.50 bits per heavy atom. The van der Waals surface area contributed by atoms with Gasteiger partial charge in [-0.1, -0.05) is 0 Å². The first-order chi connectivity index (χ1) is 6.65. The molecule has 0 bridgehead atoms. The lowest BCUT2D eigenvalue weighted by molar-refractivity contribution is 0.348. The molecule has 0 saturated carbocycles. The number of rotatable bonds is 3. The molecule has 4 nitrogen and oxygen atoms in total. The van der Waals surface area contributed by atoms with Gasteiger partial charge in [-0.15, -0.1) is 0 Å². The maximum Gasteiger partial charge on any atom is 0.175 e. The number of hydrogen-bond acceptors (Lipinski definition) is 4. The van der Waals surface area contributed by atoms with Gasteiger partial charge in [0.25, 0.3) is 0 Å². The fraction of sp³-hybridized carbons (Fsp3) is 0.333. The van der Waals surface area contributed by atoms with Crippen LogP contribution in [0.1, 0.15) is 5.56 Å². The van der Waals surface area contributed by atoms with Crippen LogP contribution in [0, 0.1) is 0 Å². The van der Waals surface area contributed by atoms with Crippen LogP contribution in [0.25, 0.3) is 0 Å². The van der Waals surface area contributed by atoms with Crippen molar-refractivity contribution < 1.29 is 14.6 Å². The third kappa shape index (κ3) is 1.78. The largest absolute Gasteiger partial charge is 0.507 e. The van der Waals surface area contributed by atoms with Gasteiger partial charge in [-0.05, 0) is 15.9 Å². The van der Waals surface area contributed by atoms with Gasteiger partial charge >= 0.3 is 0 Å². The molecule has 0 amide bonds. The van der Waals surface area contributed by atoms with E-state index in [-0.39, 0.29) is 12.3 Å². The number of benzene rings is 1. The van der Waals surface area contributed by atoms with Crippen LogP contribution in [0.4, 0.5) is 0 Å². The van der Waals surface area contributed by atoms with Crippen molar-refractivity contribution in [3.05, 3.63) is 16.1 Å². The molecule has 0 aromatic heterocycles. The molecule has 14 heavy (non-hydrogen) atoms. The van der Waals surface area contributed by atoms with E-state index in [2.05, 4.69) is 15.9 Å². The summed E-state index contributed by atoms with van der Waals surface area (Å²) in [6.07, 6.45) is 0. The molecule has 3 N–H and O–H groups in total. The van der Waals surface area contributed by atoms with E-state index in [1.807, 2.05) is 0 Å². The van der Waals surface area contributed by atoms with Gasteiger partial charge < -0.3 is 20.3 Å². The fourth-order valence-electron chi connectivity index (χ4n) is 1.17. The van der Waals surface area contributed by atoms with E-state index in [1.165, 1.54) is 20.3 Å². The third-order valence-electron chi connectivity index (χ3n) is 1.89. The number of halogens is 1. The maximum atomic E-state index is 9.58. The number of ether oxygens (including phenoxy) is 2. The quantitative estimate of drug-likeness (QED) is 0.868. The topological polar surface area (TPSA) is 64.7 Å². The molecular formula is C9H12BrNO3. The zero-order chi connectivity index (χ0) is 10.7. The van der Waals surface area contributed by atoms with Crippen LogP contribution < -0.4 is 15.2 Å². The zero-order valence-electron chi connectivity index (χ0n) is 8.00. The second kappa shape index (κ2) is 4.52. The first-order valence-electron chi connectivity index (χ1n) is 3.98. The van der Waals surface area contributed by atoms with Gasteiger partial charge in [0.2, 0.25) is 0 Å². The van der Waals surface area contributed by atoms with Gasteiger partial charge in [0.1, 0.15) is 5.75 Å². The number of hydrogen-bond donors (Lipinski definition) is 2. The number of aromatic hydroxyl groups is 1. The average molecular weight is 262 g/mol. The van der Waals surface area contributed by atoms with E-state index < -0.39 is 0 Å². The minimum Gasteiger partial charge on any atom is -0.507 e. The highest BCUT2D eigenvalue weighted by Crippen LogP contribution is 2.42. The van der Waals surface area contributed by atoms with Crippen molar-refractivity contribution in [2.45, 2.75) is 6.54 Å². The summed E-state index contributed by atoms with van der Waals surface area (Å²) in [6.45, 7) is 0.229. The number of methoxy groups -OCH3 is 2. The smallest absolute Gasteiger partial charge is 0.175 e. The first-order valence-corrected chi connectivity index (χ1v) is 4.77. The lowest BCUT2D eigenvalue weighted by Crippen LogP contribution is -2.01. The molecule has 1 aromatic rings. The predicted octanol–water partition coefficient (Wildman–Crippen LogP) is 1.63. The SMILES string of the molecule is COc1cc(O)c(CN)c(Br)c1OC. The lowest BCUT2D eigenvalue weighted by Gasteiger charge is -2.13. The Morgan fingerprint density at radius 1 is 1.43 bits per heavy atom. The predicted molar refractivity (Wildman–Crippen MR) is 56.8 cm³/mol. The van der Waals surface area contributed by atoms with Crippen LogP contribution in [0.15, 0.2) is 10.5 Å². The number of phenols is 1. The van der Waals surface area contributed by atoms with Crippen molar-refractivity contribution >= 4 is 15.9 Å². The van der Waals surface area contributed by atoms with Crippen LogP contribution in [-0.4, -0.2) is 19.3 Å². The summed E-state index contributed by atoms with van der Waals surface area (Å²) >= 11 is 3.30. The molecule has 0 aliphatic carbocycles. The van der Waals surface area contributed by atoms with Gasteiger partial charge in [-0.3, -0.25) is 0 Å². The standard InChI is InChI=1S/C9H12BrNO3/c1-13-7-3-6(12)5(4-11)8(10)9(7)14-2/h3,12H,4,11H2,1-2H3. The highest BCUT2D eigenvalue weighted by molar-refractivity contribution is 9.10. The van der Waals surface area contributed by atoms with E-state index in [4.69, 9.17) is 15.2 Å². The number of nitrogens with two attached hydrogens (primary N) is 1. The van der Waals surface area contributed by atoms with Crippen LogP contribution in [0.2, 0.25) is 0 Å². The normalized spacial score (nSPS) is 10.0. The van der Waals surface area contributed by atoms with Gasteiger partial charge in [-0.2, -0.15) is 0 Å². The highest BCUT2D eigenvalue weighted by Gasteiger charge is 2.16. The molecular weight excluding hydrogens is 250 g/mol. The van der Waals surface area contributed by atoms with E-state index >= 15 is 0 Å². The molecule has 1 aromatic carbocycles. The summed E-state index contributed by atoms with van der Waals surface area (Å²) in [4.78, 5) is 0. The molecule has 0 aliphatic rings. The van der Waals surface area contributed by atoms with Crippen LogP contribution in [0.3, 0.4) is 0 Å². The molecule has 5 heteroatoms. The molecule has 0 spiro atoms. The zero-order valence-corrected chi connectivity index (χ0v) is 9.59. The van der Waals surface area contributed by atoms with Gasteiger partial charge in [-0.25, -0.2) is 0 Å². The summed E-state index contributed by atoms with van der Waals surface area (Å²) < 4.78 is 10.8. The van der Waals surface area contributed by atoms with Gasteiger partial charge in [0, 0.05) is 18.2 Å². The van der Waals surface area contributed by atoms with Crippen molar-refractivity contribution in [3.63, 3.8) is 0 Å². The molecule has 0 aliphatic heterocycles. The summed E-state index contributed by atoms with van der Waals surface area (Å²) in [6, 6.07) is 1.48. The Balaban J connectivity index is 3.39. The Bertz CT molecular complexity index is 341. The summed E-state index contributed by atoms with van der Waals surface area (Å²) in [7, 11) is 3.03. The second-order valence-electron chi connectivity index (χ2n) is 2.63. The average Bonchev–Trinajstić information content (AvgIpc) is 2.17. The minimum atomic E-state index is 0.0945. The molecule has 0 fully saturated rings.